The van der Waals surface area contributed by atoms with E-state index < -0.39 is 31.4 Å². The zero-order chi connectivity index (χ0) is 22.4. The summed E-state index contributed by atoms with van der Waals surface area (Å²) in [5, 5.41) is 2.04. The molecule has 162 valence electrons. The first-order valence-electron chi connectivity index (χ1n) is 8.49. The molecule has 2 aromatic rings. The average Bonchev–Trinajstić information content (AvgIpc) is 2.65. The van der Waals surface area contributed by atoms with E-state index in [0.29, 0.717) is 16.9 Å². The first-order chi connectivity index (χ1) is 14.0. The topological polar surface area (TPSA) is 47.6 Å². The normalized spacial score (nSPS) is 12.2. The summed E-state index contributed by atoms with van der Waals surface area (Å²) in [6.07, 6.45) is -6.06. The molecule has 10 heteroatoms. The highest BCUT2D eigenvalue weighted by atomic mass is 19.4. The molecule has 0 aliphatic rings. The second-order valence-electron chi connectivity index (χ2n) is 6.05. The van der Waals surface area contributed by atoms with Crippen LogP contribution in [0.3, 0.4) is 0 Å². The highest BCUT2D eigenvalue weighted by Gasteiger charge is 2.31. The number of carbonyl (C=O) groups excluding carboxylic acids is 1. The van der Waals surface area contributed by atoms with Gasteiger partial charge >= 0.3 is 12.5 Å². The number of Topliss-reactive ketones (excluding diaryl/α,β-unsaturated/α-hetero) is 1. The van der Waals surface area contributed by atoms with Crippen molar-refractivity contribution in [1.82, 2.24) is 5.32 Å². The van der Waals surface area contributed by atoms with Crippen LogP contribution in [-0.2, 0) is 0 Å². The Morgan fingerprint density at radius 1 is 1.00 bits per heavy atom. The Bertz CT molecular complexity index is 889. The first kappa shape index (κ1) is 23.3. The number of methoxy groups -OCH3 is 1. The van der Waals surface area contributed by atoms with Crippen LogP contribution in [-0.4, -0.2) is 38.5 Å². The number of ether oxygens (including phenoxy) is 2. The van der Waals surface area contributed by atoms with E-state index in [1.165, 1.54) is 37.4 Å². The predicted molar refractivity (Wildman–Crippen MR) is 98.3 cm³/mol. The third-order valence-electron chi connectivity index (χ3n) is 3.73. The molecule has 0 fully saturated rings. The summed E-state index contributed by atoms with van der Waals surface area (Å²) in [7, 11) is 1.41. The van der Waals surface area contributed by atoms with Crippen molar-refractivity contribution in [1.29, 1.82) is 0 Å². The third kappa shape index (κ3) is 7.78. The van der Waals surface area contributed by atoms with Crippen LogP contribution < -0.4 is 14.8 Å². The molecule has 0 bridgehead atoms. The fourth-order valence-electron chi connectivity index (χ4n) is 2.42. The second kappa shape index (κ2) is 9.66. The molecule has 1 N–H and O–H groups in total. The van der Waals surface area contributed by atoms with Crippen molar-refractivity contribution in [2.75, 3.05) is 20.2 Å². The molecule has 0 amide bonds. The fourth-order valence-corrected chi connectivity index (χ4v) is 2.42. The van der Waals surface area contributed by atoms with Crippen molar-refractivity contribution in [3.63, 3.8) is 0 Å². The van der Waals surface area contributed by atoms with Gasteiger partial charge in [-0.15, -0.1) is 13.2 Å². The van der Waals surface area contributed by atoms with Crippen molar-refractivity contribution >= 4 is 17.9 Å². The van der Waals surface area contributed by atoms with Crippen LogP contribution in [0.15, 0.2) is 42.5 Å². The van der Waals surface area contributed by atoms with Gasteiger partial charge in [-0.05, 0) is 35.9 Å². The quantitative estimate of drug-likeness (QED) is 0.358. The molecule has 0 spiro atoms. The molecule has 0 radical (unpaired) electrons. The fraction of sp³-hybridized carbons (Fsp3) is 0.250. The molecule has 0 aliphatic heterocycles. The molecule has 0 atom stereocenters. The van der Waals surface area contributed by atoms with Crippen LogP contribution in [0.25, 0.3) is 12.2 Å². The van der Waals surface area contributed by atoms with E-state index in [0.717, 1.165) is 12.1 Å². The van der Waals surface area contributed by atoms with Gasteiger partial charge in [0.25, 0.3) is 0 Å². The maximum atomic E-state index is 12.2. The van der Waals surface area contributed by atoms with Gasteiger partial charge in [0.15, 0.2) is 5.78 Å². The molecule has 30 heavy (non-hydrogen) atoms. The lowest BCUT2D eigenvalue weighted by Gasteiger charge is -2.10. The van der Waals surface area contributed by atoms with Crippen LogP contribution in [0.1, 0.15) is 21.5 Å². The van der Waals surface area contributed by atoms with Crippen LogP contribution in [0.4, 0.5) is 26.3 Å². The van der Waals surface area contributed by atoms with Crippen molar-refractivity contribution in [3.05, 3.63) is 59.2 Å². The van der Waals surface area contributed by atoms with Crippen molar-refractivity contribution in [2.24, 2.45) is 0 Å². The second-order valence-corrected chi connectivity index (χ2v) is 6.05. The molecule has 2 aromatic carbocycles. The summed E-state index contributed by atoms with van der Waals surface area (Å²) >= 11 is 0. The average molecular weight is 433 g/mol. The Hall–Kier alpha value is -3.01. The molecule has 0 saturated heterocycles. The SMILES string of the molecule is COc1ccc(C(=O)CNCC(F)(F)F)cc1/C=C/c1ccc(OC(F)(F)F)cc1. The summed E-state index contributed by atoms with van der Waals surface area (Å²) in [4.78, 5) is 12.1. The number of alkyl halides is 6. The maximum Gasteiger partial charge on any atom is 0.573 e. The number of ketones is 1. The van der Waals surface area contributed by atoms with E-state index in [9.17, 15) is 31.1 Å². The summed E-state index contributed by atoms with van der Waals surface area (Å²) < 4.78 is 82.1. The number of carbonyl (C=O) groups is 1. The van der Waals surface area contributed by atoms with Gasteiger partial charge in [-0.1, -0.05) is 24.3 Å². The summed E-state index contributed by atoms with van der Waals surface area (Å²) in [6, 6.07) is 9.48. The van der Waals surface area contributed by atoms with E-state index in [1.807, 2.05) is 5.32 Å². The molecule has 0 aromatic heterocycles. The minimum atomic E-state index is -4.79. The van der Waals surface area contributed by atoms with Gasteiger partial charge in [-0.25, -0.2) is 0 Å². The Balaban J connectivity index is 2.12. The summed E-state index contributed by atoms with van der Waals surface area (Å²) in [5.41, 5.74) is 1.20. The zero-order valence-corrected chi connectivity index (χ0v) is 15.6. The Morgan fingerprint density at radius 2 is 1.67 bits per heavy atom. The number of hydrogen-bond acceptors (Lipinski definition) is 4. The van der Waals surface area contributed by atoms with Crippen LogP contribution in [0.2, 0.25) is 0 Å². The lowest BCUT2D eigenvalue weighted by Crippen LogP contribution is -2.32. The molecule has 0 heterocycles. The Morgan fingerprint density at radius 3 is 2.23 bits per heavy atom. The summed E-state index contributed by atoms with van der Waals surface area (Å²) in [6.45, 7) is -1.77. The smallest absolute Gasteiger partial charge is 0.496 e. The molecule has 0 aliphatic carbocycles. The molecule has 4 nitrogen and oxygen atoms in total. The predicted octanol–water partition coefficient (Wildman–Crippen LogP) is 5.10. The minimum absolute atomic E-state index is 0.180. The van der Waals surface area contributed by atoms with E-state index in [4.69, 9.17) is 4.74 Å². The van der Waals surface area contributed by atoms with Crippen molar-refractivity contribution in [3.8, 4) is 11.5 Å². The first-order valence-corrected chi connectivity index (χ1v) is 8.49. The molecular formula is C20H17F6NO3. The Kier molecular flexibility index (Phi) is 7.49. The molecule has 2 rings (SSSR count). The highest BCUT2D eigenvalue weighted by Crippen LogP contribution is 2.25. The standard InChI is InChI=1S/C20H17F6NO3/c1-29-18-9-6-14(17(28)11-27-12-19(21,22)23)10-15(18)5-2-13-3-7-16(8-4-13)30-20(24,25)26/h2-10,27H,11-12H2,1H3/b5-2+. The van der Waals surface area contributed by atoms with E-state index >= 15 is 0 Å². The van der Waals surface area contributed by atoms with E-state index in [1.54, 1.807) is 12.2 Å². The molecule has 0 unspecified atom stereocenters. The van der Waals surface area contributed by atoms with Crippen molar-refractivity contribution < 1.29 is 40.6 Å². The van der Waals surface area contributed by atoms with Crippen molar-refractivity contribution in [2.45, 2.75) is 12.5 Å². The number of halogens is 6. The largest absolute Gasteiger partial charge is 0.573 e. The molecular weight excluding hydrogens is 416 g/mol. The third-order valence-corrected chi connectivity index (χ3v) is 3.73. The van der Waals surface area contributed by atoms with Gasteiger partial charge in [0, 0.05) is 11.1 Å². The zero-order valence-electron chi connectivity index (χ0n) is 15.6. The maximum absolute atomic E-state index is 12.2. The van der Waals surface area contributed by atoms with Crippen LogP contribution >= 0.6 is 0 Å². The van der Waals surface area contributed by atoms with Crippen LogP contribution in [0, 0.1) is 0 Å². The highest BCUT2D eigenvalue weighted by molar-refractivity contribution is 5.98. The number of rotatable bonds is 8. The minimum Gasteiger partial charge on any atom is -0.496 e. The Labute approximate surface area is 168 Å². The van der Waals surface area contributed by atoms with Gasteiger partial charge in [-0.2, -0.15) is 13.2 Å². The van der Waals surface area contributed by atoms with E-state index in [-0.39, 0.29) is 11.3 Å². The number of nitrogens with one attached hydrogen (secondary N) is 1. The van der Waals surface area contributed by atoms with Gasteiger partial charge in [0.1, 0.15) is 11.5 Å². The number of benzene rings is 2. The lowest BCUT2D eigenvalue weighted by molar-refractivity contribution is -0.274. The van der Waals surface area contributed by atoms with Gasteiger partial charge < -0.3 is 14.8 Å². The molecule has 0 saturated carbocycles. The summed E-state index contributed by atoms with van der Waals surface area (Å²) in [5.74, 6) is -0.496. The van der Waals surface area contributed by atoms with E-state index in [2.05, 4.69) is 4.74 Å². The number of hydrogen-bond donors (Lipinski definition) is 1. The van der Waals surface area contributed by atoms with Gasteiger partial charge in [-0.3, -0.25) is 4.79 Å². The van der Waals surface area contributed by atoms with Gasteiger partial charge in [0.05, 0.1) is 20.2 Å². The lowest BCUT2D eigenvalue weighted by atomic mass is 10.0. The van der Waals surface area contributed by atoms with Crippen LogP contribution in [0.5, 0.6) is 11.5 Å². The van der Waals surface area contributed by atoms with Gasteiger partial charge in [0.2, 0.25) is 0 Å². The monoisotopic (exact) mass is 433 g/mol.